The molecule has 94 valence electrons. The number of nitrogens with zero attached hydrogens (tertiary/aromatic N) is 1. The predicted octanol–water partition coefficient (Wildman–Crippen LogP) is 1.89. The monoisotopic (exact) mass is 235 g/mol. The lowest BCUT2D eigenvalue weighted by molar-refractivity contribution is 0.0850. The maximum atomic E-state index is 9.11. The van der Waals surface area contributed by atoms with Crippen LogP contribution < -0.4 is 4.90 Å². The van der Waals surface area contributed by atoms with Gasteiger partial charge in [0, 0.05) is 18.8 Å². The lowest BCUT2D eigenvalue weighted by Crippen LogP contribution is -2.46. The van der Waals surface area contributed by atoms with Gasteiger partial charge in [0.05, 0.1) is 19.3 Å². The first-order valence-corrected chi connectivity index (χ1v) is 6.24. The third-order valence-electron chi connectivity index (χ3n) is 3.23. The van der Waals surface area contributed by atoms with Gasteiger partial charge in [-0.25, -0.2) is 0 Å². The summed E-state index contributed by atoms with van der Waals surface area (Å²) in [7, 11) is 0. The zero-order chi connectivity index (χ0) is 12.3. The Balaban J connectivity index is 2.22. The number of rotatable bonds is 3. The SMILES string of the molecule is Cc1cc(C)cc(N2CCOCC2CCO)c1. The molecule has 17 heavy (non-hydrogen) atoms. The quantitative estimate of drug-likeness (QED) is 0.868. The van der Waals surface area contributed by atoms with Crippen LogP contribution in [0, 0.1) is 13.8 Å². The van der Waals surface area contributed by atoms with Gasteiger partial charge in [0.2, 0.25) is 0 Å². The second-order valence-electron chi connectivity index (χ2n) is 4.78. The molecule has 0 aromatic heterocycles. The molecule has 0 aliphatic carbocycles. The summed E-state index contributed by atoms with van der Waals surface area (Å²) in [6.45, 7) is 6.86. The molecule has 2 rings (SSSR count). The van der Waals surface area contributed by atoms with E-state index in [1.165, 1.54) is 16.8 Å². The Labute approximate surface area is 103 Å². The lowest BCUT2D eigenvalue weighted by Gasteiger charge is -2.37. The van der Waals surface area contributed by atoms with Crippen molar-refractivity contribution in [3.8, 4) is 0 Å². The maximum Gasteiger partial charge on any atom is 0.0671 e. The van der Waals surface area contributed by atoms with Crippen LogP contribution in [-0.4, -0.2) is 37.5 Å². The highest BCUT2D eigenvalue weighted by atomic mass is 16.5. The summed E-state index contributed by atoms with van der Waals surface area (Å²) in [6.07, 6.45) is 0.771. The van der Waals surface area contributed by atoms with E-state index in [2.05, 4.69) is 36.9 Å². The smallest absolute Gasteiger partial charge is 0.0671 e. The van der Waals surface area contributed by atoms with Crippen LogP contribution in [0.1, 0.15) is 17.5 Å². The number of ether oxygens (including phenoxy) is 1. The molecule has 0 amide bonds. The molecule has 1 aromatic carbocycles. The van der Waals surface area contributed by atoms with Crippen molar-refractivity contribution < 1.29 is 9.84 Å². The highest BCUT2D eigenvalue weighted by molar-refractivity contribution is 5.52. The summed E-state index contributed by atoms with van der Waals surface area (Å²) in [5.74, 6) is 0. The average Bonchev–Trinajstić information content (AvgIpc) is 2.29. The fourth-order valence-corrected chi connectivity index (χ4v) is 2.50. The highest BCUT2D eigenvalue weighted by Gasteiger charge is 2.22. The van der Waals surface area contributed by atoms with Gasteiger partial charge in [-0.15, -0.1) is 0 Å². The van der Waals surface area contributed by atoms with E-state index in [0.717, 1.165) is 19.6 Å². The average molecular weight is 235 g/mol. The maximum absolute atomic E-state index is 9.11. The molecule has 1 saturated heterocycles. The first kappa shape index (κ1) is 12.4. The third-order valence-corrected chi connectivity index (χ3v) is 3.23. The molecule has 3 heteroatoms. The number of benzene rings is 1. The Bertz CT molecular complexity index is 356. The minimum Gasteiger partial charge on any atom is -0.396 e. The van der Waals surface area contributed by atoms with Crippen LogP contribution in [0.25, 0.3) is 0 Å². The summed E-state index contributed by atoms with van der Waals surface area (Å²) in [5.41, 5.74) is 3.83. The number of anilines is 1. The molecule has 1 atom stereocenters. The topological polar surface area (TPSA) is 32.7 Å². The number of hydrogen-bond acceptors (Lipinski definition) is 3. The summed E-state index contributed by atoms with van der Waals surface area (Å²) in [5, 5.41) is 9.11. The molecule has 1 aliphatic heterocycles. The van der Waals surface area contributed by atoms with Gasteiger partial charge in [-0.05, 0) is 43.5 Å². The van der Waals surface area contributed by atoms with Crippen LogP contribution in [0.5, 0.6) is 0 Å². The van der Waals surface area contributed by atoms with Gasteiger partial charge in [0.1, 0.15) is 0 Å². The Morgan fingerprint density at radius 1 is 1.29 bits per heavy atom. The Kier molecular flexibility index (Phi) is 4.02. The van der Waals surface area contributed by atoms with E-state index >= 15 is 0 Å². The van der Waals surface area contributed by atoms with Gasteiger partial charge in [-0.3, -0.25) is 0 Å². The Morgan fingerprint density at radius 2 is 2.00 bits per heavy atom. The predicted molar refractivity (Wildman–Crippen MR) is 69.6 cm³/mol. The van der Waals surface area contributed by atoms with Crippen LogP contribution in [0.15, 0.2) is 18.2 Å². The fraction of sp³-hybridized carbons (Fsp3) is 0.571. The van der Waals surface area contributed by atoms with Gasteiger partial charge in [-0.2, -0.15) is 0 Å². The first-order chi connectivity index (χ1) is 8.20. The summed E-state index contributed by atoms with van der Waals surface area (Å²) in [6, 6.07) is 6.91. The summed E-state index contributed by atoms with van der Waals surface area (Å²) >= 11 is 0. The summed E-state index contributed by atoms with van der Waals surface area (Å²) in [4.78, 5) is 2.36. The van der Waals surface area contributed by atoms with Crippen molar-refractivity contribution in [3.05, 3.63) is 29.3 Å². The third kappa shape index (κ3) is 2.99. The Hall–Kier alpha value is -1.06. The van der Waals surface area contributed by atoms with Crippen LogP contribution >= 0.6 is 0 Å². The molecule has 0 bridgehead atoms. The minimum absolute atomic E-state index is 0.218. The van der Waals surface area contributed by atoms with Crippen molar-refractivity contribution >= 4 is 5.69 Å². The molecule has 1 N–H and O–H groups in total. The van der Waals surface area contributed by atoms with E-state index in [4.69, 9.17) is 9.84 Å². The number of aliphatic hydroxyl groups is 1. The highest BCUT2D eigenvalue weighted by Crippen LogP contribution is 2.23. The minimum atomic E-state index is 0.218. The molecule has 1 aromatic rings. The lowest BCUT2D eigenvalue weighted by atomic mass is 10.1. The van der Waals surface area contributed by atoms with Crippen molar-refractivity contribution in [1.82, 2.24) is 0 Å². The molecule has 0 saturated carbocycles. The van der Waals surface area contributed by atoms with Gasteiger partial charge >= 0.3 is 0 Å². The van der Waals surface area contributed by atoms with E-state index in [1.54, 1.807) is 0 Å². The van der Waals surface area contributed by atoms with E-state index in [-0.39, 0.29) is 6.61 Å². The molecule has 1 unspecified atom stereocenters. The van der Waals surface area contributed by atoms with Gasteiger partial charge < -0.3 is 14.7 Å². The van der Waals surface area contributed by atoms with E-state index in [1.807, 2.05) is 0 Å². The molecule has 3 nitrogen and oxygen atoms in total. The normalized spacial score (nSPS) is 20.6. The van der Waals surface area contributed by atoms with E-state index < -0.39 is 0 Å². The zero-order valence-corrected chi connectivity index (χ0v) is 10.6. The molecular formula is C14H21NO2. The largest absolute Gasteiger partial charge is 0.396 e. The second kappa shape index (κ2) is 5.52. The van der Waals surface area contributed by atoms with Gasteiger partial charge in [0.25, 0.3) is 0 Å². The van der Waals surface area contributed by atoms with Crippen molar-refractivity contribution in [2.75, 3.05) is 31.3 Å². The van der Waals surface area contributed by atoms with Crippen molar-refractivity contribution in [2.45, 2.75) is 26.3 Å². The number of hydrogen-bond donors (Lipinski definition) is 1. The van der Waals surface area contributed by atoms with E-state index in [9.17, 15) is 0 Å². The van der Waals surface area contributed by atoms with Crippen molar-refractivity contribution in [1.29, 1.82) is 0 Å². The summed E-state index contributed by atoms with van der Waals surface area (Å²) < 4.78 is 5.49. The molecule has 1 heterocycles. The number of aliphatic hydroxyl groups excluding tert-OH is 1. The van der Waals surface area contributed by atoms with Gasteiger partial charge in [0.15, 0.2) is 0 Å². The van der Waals surface area contributed by atoms with Crippen molar-refractivity contribution in [2.24, 2.45) is 0 Å². The molecule has 0 radical (unpaired) electrons. The number of aryl methyl sites for hydroxylation is 2. The molecule has 1 aliphatic rings. The van der Waals surface area contributed by atoms with Crippen LogP contribution in [-0.2, 0) is 4.74 Å². The molecular weight excluding hydrogens is 214 g/mol. The van der Waals surface area contributed by atoms with Crippen LogP contribution in [0.4, 0.5) is 5.69 Å². The zero-order valence-electron chi connectivity index (χ0n) is 10.6. The fourth-order valence-electron chi connectivity index (χ4n) is 2.50. The molecule has 1 fully saturated rings. The number of morpholine rings is 1. The standard InChI is InChI=1S/C14H21NO2/c1-11-7-12(2)9-14(8-11)15-4-6-17-10-13(15)3-5-16/h7-9,13,16H,3-6,10H2,1-2H3. The second-order valence-corrected chi connectivity index (χ2v) is 4.78. The van der Waals surface area contributed by atoms with E-state index in [0.29, 0.717) is 12.6 Å². The van der Waals surface area contributed by atoms with Crippen molar-refractivity contribution in [3.63, 3.8) is 0 Å². The Morgan fingerprint density at radius 3 is 2.65 bits per heavy atom. The van der Waals surface area contributed by atoms with Crippen LogP contribution in [0.3, 0.4) is 0 Å². The molecule has 0 spiro atoms. The first-order valence-electron chi connectivity index (χ1n) is 6.24. The van der Waals surface area contributed by atoms with Crippen LogP contribution in [0.2, 0.25) is 0 Å². The van der Waals surface area contributed by atoms with Gasteiger partial charge in [-0.1, -0.05) is 6.07 Å².